The molecule has 0 spiro atoms. The number of rotatable bonds is 7. The predicted octanol–water partition coefficient (Wildman–Crippen LogP) is 2.87. The molecule has 1 aliphatic carbocycles. The summed E-state index contributed by atoms with van der Waals surface area (Å²) >= 11 is 0. The molecule has 0 amide bonds. The Labute approximate surface area is 156 Å². The number of nitrogens with one attached hydrogen (secondary N) is 2. The zero-order valence-corrected chi connectivity index (χ0v) is 16.5. The fraction of sp³-hybridized carbons (Fsp3) is 0.524. The third kappa shape index (κ3) is 4.09. The maximum Gasteiger partial charge on any atom is 0.191 e. The Morgan fingerprint density at radius 3 is 2.50 bits per heavy atom. The lowest BCUT2D eigenvalue weighted by atomic mass is 9.96. The van der Waals surface area contributed by atoms with Crippen LogP contribution in [-0.4, -0.2) is 35.4 Å². The van der Waals surface area contributed by atoms with E-state index in [1.165, 1.54) is 29.7 Å². The second-order valence-corrected chi connectivity index (χ2v) is 7.29. The van der Waals surface area contributed by atoms with Gasteiger partial charge >= 0.3 is 0 Å². The Morgan fingerprint density at radius 1 is 1.19 bits per heavy atom. The number of hydrogen-bond acceptors (Lipinski definition) is 2. The average Bonchev–Trinajstić information content (AvgIpc) is 3.39. The van der Waals surface area contributed by atoms with Gasteiger partial charge in [-0.2, -0.15) is 5.10 Å². The molecule has 2 N–H and O–H groups in total. The summed E-state index contributed by atoms with van der Waals surface area (Å²) in [5, 5.41) is 11.4. The molecule has 1 aromatic heterocycles. The first-order chi connectivity index (χ1) is 12.6. The van der Waals surface area contributed by atoms with Gasteiger partial charge in [0.15, 0.2) is 5.96 Å². The summed E-state index contributed by atoms with van der Waals surface area (Å²) in [5.41, 5.74) is 5.36. The van der Waals surface area contributed by atoms with Gasteiger partial charge in [-0.25, -0.2) is 0 Å². The summed E-state index contributed by atoms with van der Waals surface area (Å²) in [5.74, 6) is 0.911. The highest BCUT2D eigenvalue weighted by molar-refractivity contribution is 5.79. The highest BCUT2D eigenvalue weighted by atomic mass is 15.3. The standard InChI is InChI=1S/C21H31N5/c1-5-22-20(23-14-11-19-16(2)25-26(4)17(19)3)24-15-21(12-13-21)18-9-7-6-8-10-18/h6-10H,5,11-15H2,1-4H3,(H2,22,23,24). The van der Waals surface area contributed by atoms with Crippen LogP contribution in [0.3, 0.4) is 0 Å². The van der Waals surface area contributed by atoms with Crippen molar-refractivity contribution in [2.45, 2.75) is 45.4 Å². The second kappa shape index (κ2) is 7.94. The van der Waals surface area contributed by atoms with E-state index in [-0.39, 0.29) is 5.41 Å². The van der Waals surface area contributed by atoms with Crippen LogP contribution in [-0.2, 0) is 18.9 Å². The fourth-order valence-electron chi connectivity index (χ4n) is 3.54. The molecule has 0 saturated heterocycles. The number of nitrogens with zero attached hydrogens (tertiary/aromatic N) is 3. The summed E-state index contributed by atoms with van der Waals surface area (Å²) in [4.78, 5) is 4.88. The van der Waals surface area contributed by atoms with Gasteiger partial charge in [-0.15, -0.1) is 0 Å². The van der Waals surface area contributed by atoms with E-state index in [0.717, 1.165) is 37.7 Å². The molecule has 3 rings (SSSR count). The highest BCUT2D eigenvalue weighted by Crippen LogP contribution is 2.48. The molecule has 140 valence electrons. The van der Waals surface area contributed by atoms with Crippen LogP contribution < -0.4 is 10.6 Å². The van der Waals surface area contributed by atoms with Crippen LogP contribution in [0.1, 0.15) is 42.3 Å². The zero-order valence-electron chi connectivity index (χ0n) is 16.5. The minimum absolute atomic E-state index is 0.250. The number of aryl methyl sites for hydroxylation is 2. The monoisotopic (exact) mass is 353 g/mol. The Balaban J connectivity index is 1.59. The van der Waals surface area contributed by atoms with E-state index in [1.54, 1.807) is 0 Å². The van der Waals surface area contributed by atoms with Crippen molar-refractivity contribution in [1.29, 1.82) is 0 Å². The van der Waals surface area contributed by atoms with Crippen molar-refractivity contribution in [2.75, 3.05) is 19.6 Å². The van der Waals surface area contributed by atoms with Gasteiger partial charge in [0.2, 0.25) is 0 Å². The molecule has 1 heterocycles. The van der Waals surface area contributed by atoms with Gasteiger partial charge in [0, 0.05) is 31.2 Å². The largest absolute Gasteiger partial charge is 0.357 e. The van der Waals surface area contributed by atoms with E-state index in [9.17, 15) is 0 Å². The van der Waals surface area contributed by atoms with Crippen LogP contribution in [0, 0.1) is 13.8 Å². The Hall–Kier alpha value is -2.30. The third-order valence-electron chi connectivity index (χ3n) is 5.45. The maximum atomic E-state index is 4.88. The van der Waals surface area contributed by atoms with Gasteiger partial charge in [0.05, 0.1) is 12.2 Å². The lowest BCUT2D eigenvalue weighted by Crippen LogP contribution is -2.39. The zero-order chi connectivity index (χ0) is 18.6. The highest BCUT2D eigenvalue weighted by Gasteiger charge is 2.43. The van der Waals surface area contributed by atoms with Gasteiger partial charge in [-0.05, 0) is 51.2 Å². The first-order valence-electron chi connectivity index (χ1n) is 9.62. The Bertz CT molecular complexity index is 756. The van der Waals surface area contributed by atoms with Gasteiger partial charge in [-0.3, -0.25) is 9.67 Å². The summed E-state index contributed by atoms with van der Waals surface area (Å²) in [7, 11) is 2.00. The van der Waals surface area contributed by atoms with Crippen molar-refractivity contribution >= 4 is 5.96 Å². The SMILES string of the molecule is CCNC(=NCC1(c2ccccc2)CC1)NCCc1c(C)nn(C)c1C. The van der Waals surface area contributed by atoms with Crippen LogP contribution in [0.4, 0.5) is 0 Å². The van der Waals surface area contributed by atoms with Gasteiger partial charge < -0.3 is 10.6 Å². The van der Waals surface area contributed by atoms with Gasteiger partial charge in [-0.1, -0.05) is 30.3 Å². The van der Waals surface area contributed by atoms with Crippen LogP contribution in [0.15, 0.2) is 35.3 Å². The van der Waals surface area contributed by atoms with Gasteiger partial charge in [0.1, 0.15) is 0 Å². The summed E-state index contributed by atoms with van der Waals surface area (Å²) in [6.07, 6.45) is 3.42. The molecule has 0 atom stereocenters. The smallest absolute Gasteiger partial charge is 0.191 e. The van der Waals surface area contributed by atoms with E-state index in [4.69, 9.17) is 4.99 Å². The van der Waals surface area contributed by atoms with E-state index in [0.29, 0.717) is 0 Å². The molecular formula is C21H31N5. The number of aliphatic imine (C=N–C) groups is 1. The first-order valence-corrected chi connectivity index (χ1v) is 9.62. The molecule has 1 aromatic carbocycles. The molecule has 1 fully saturated rings. The van der Waals surface area contributed by atoms with Crippen molar-refractivity contribution in [3.8, 4) is 0 Å². The van der Waals surface area contributed by atoms with Crippen molar-refractivity contribution in [2.24, 2.45) is 12.0 Å². The molecule has 5 heteroatoms. The van der Waals surface area contributed by atoms with Crippen LogP contribution in [0.25, 0.3) is 0 Å². The van der Waals surface area contributed by atoms with Crippen LogP contribution in [0.2, 0.25) is 0 Å². The minimum atomic E-state index is 0.250. The molecule has 5 nitrogen and oxygen atoms in total. The molecule has 0 aliphatic heterocycles. The molecule has 1 aliphatic rings. The van der Waals surface area contributed by atoms with E-state index in [2.05, 4.69) is 66.8 Å². The molecule has 0 unspecified atom stereocenters. The van der Waals surface area contributed by atoms with Gasteiger partial charge in [0.25, 0.3) is 0 Å². The third-order valence-corrected chi connectivity index (χ3v) is 5.45. The van der Waals surface area contributed by atoms with Crippen LogP contribution in [0.5, 0.6) is 0 Å². The molecular weight excluding hydrogens is 322 g/mol. The van der Waals surface area contributed by atoms with Crippen molar-refractivity contribution < 1.29 is 0 Å². The van der Waals surface area contributed by atoms with E-state index >= 15 is 0 Å². The lowest BCUT2D eigenvalue weighted by Gasteiger charge is -2.16. The summed E-state index contributed by atoms with van der Waals surface area (Å²) < 4.78 is 1.96. The first kappa shape index (κ1) is 18.5. The maximum absolute atomic E-state index is 4.88. The average molecular weight is 354 g/mol. The second-order valence-electron chi connectivity index (χ2n) is 7.29. The number of aromatic nitrogens is 2. The van der Waals surface area contributed by atoms with Crippen molar-refractivity contribution in [3.05, 3.63) is 52.8 Å². The molecule has 2 aromatic rings. The number of guanidine groups is 1. The molecule has 0 bridgehead atoms. The number of benzene rings is 1. The quantitative estimate of drug-likeness (QED) is 0.594. The lowest BCUT2D eigenvalue weighted by molar-refractivity contribution is 0.691. The number of hydrogen-bond donors (Lipinski definition) is 2. The van der Waals surface area contributed by atoms with Crippen LogP contribution >= 0.6 is 0 Å². The summed E-state index contributed by atoms with van der Waals surface area (Å²) in [6, 6.07) is 10.8. The van der Waals surface area contributed by atoms with Crippen molar-refractivity contribution in [1.82, 2.24) is 20.4 Å². The minimum Gasteiger partial charge on any atom is -0.357 e. The van der Waals surface area contributed by atoms with E-state index < -0.39 is 0 Å². The van der Waals surface area contributed by atoms with E-state index in [1.807, 2.05) is 11.7 Å². The fourth-order valence-corrected chi connectivity index (χ4v) is 3.54. The molecule has 26 heavy (non-hydrogen) atoms. The Kier molecular flexibility index (Phi) is 5.64. The topological polar surface area (TPSA) is 54.2 Å². The van der Waals surface area contributed by atoms with Crippen molar-refractivity contribution in [3.63, 3.8) is 0 Å². The molecule has 0 radical (unpaired) electrons. The predicted molar refractivity (Wildman–Crippen MR) is 108 cm³/mol. The Morgan fingerprint density at radius 2 is 1.92 bits per heavy atom. The molecule has 1 saturated carbocycles. The normalized spacial score (nSPS) is 15.8. The summed E-state index contributed by atoms with van der Waals surface area (Å²) in [6.45, 7) is 8.89.